The summed E-state index contributed by atoms with van der Waals surface area (Å²) in [6.07, 6.45) is 1.06. The minimum Gasteiger partial charge on any atom is -0.471 e. The number of fused-ring (bicyclic) bond motifs is 1. The van der Waals surface area contributed by atoms with Crippen LogP contribution in [0.1, 0.15) is 70.3 Å². The Bertz CT molecular complexity index is 1270. The van der Waals surface area contributed by atoms with Gasteiger partial charge in [0.1, 0.15) is 23.0 Å². The zero-order valence-electron chi connectivity index (χ0n) is 23.1. The van der Waals surface area contributed by atoms with E-state index in [-0.39, 0.29) is 35.0 Å². The number of anilines is 1. The molecule has 1 N–H and O–H groups in total. The molecular weight excluding hydrogens is 508 g/mol. The highest BCUT2D eigenvalue weighted by atomic mass is 19.1. The summed E-state index contributed by atoms with van der Waals surface area (Å²) in [6.45, 7) is 11.6. The molecule has 2 aromatic rings. The van der Waals surface area contributed by atoms with Gasteiger partial charge >= 0.3 is 6.09 Å². The van der Waals surface area contributed by atoms with Crippen LogP contribution >= 0.6 is 0 Å². The minimum absolute atomic E-state index is 0.0288. The average molecular weight is 544 g/mol. The van der Waals surface area contributed by atoms with Gasteiger partial charge in [-0.1, -0.05) is 0 Å². The number of hydrogen-bond acceptors (Lipinski definition) is 5. The molecule has 2 aliphatic heterocycles. The number of benzene rings is 2. The van der Waals surface area contributed by atoms with Crippen LogP contribution in [0.15, 0.2) is 36.4 Å². The van der Waals surface area contributed by atoms with Gasteiger partial charge in [-0.05, 0) is 84.7 Å². The maximum atomic E-state index is 13.9. The van der Waals surface area contributed by atoms with Crippen molar-refractivity contribution in [1.82, 2.24) is 9.80 Å². The molecule has 0 saturated carbocycles. The van der Waals surface area contributed by atoms with E-state index in [4.69, 9.17) is 9.47 Å². The monoisotopic (exact) mass is 543 g/mol. The Hall–Kier alpha value is -3.69. The second kappa shape index (κ2) is 10.5. The number of likely N-dealkylation sites (tertiary alicyclic amines) is 1. The second-order valence-electron chi connectivity index (χ2n) is 11.5. The molecule has 2 atom stereocenters. The van der Waals surface area contributed by atoms with Crippen LogP contribution in [0.3, 0.4) is 0 Å². The zero-order valence-corrected chi connectivity index (χ0v) is 23.1. The van der Waals surface area contributed by atoms with E-state index in [1.165, 1.54) is 13.0 Å². The molecule has 1 unspecified atom stereocenters. The first kappa shape index (κ1) is 28.3. The second-order valence-corrected chi connectivity index (χ2v) is 11.5. The number of amides is 3. The van der Waals surface area contributed by atoms with Gasteiger partial charge < -0.3 is 24.6 Å². The lowest BCUT2D eigenvalue weighted by Crippen LogP contribution is -2.54. The SMILES string of the molecule is CC(C)N(C(=O)c1ccc2c(c1)NC(=O)C(C)(c1cc(F)cc(F)c1)O2)[C@@H]1CCCN(C(=O)OC(C)(C)C)C1. The van der Waals surface area contributed by atoms with Gasteiger partial charge in [0.15, 0.2) is 0 Å². The van der Waals surface area contributed by atoms with E-state index >= 15 is 0 Å². The van der Waals surface area contributed by atoms with Crippen molar-refractivity contribution in [3.05, 3.63) is 59.2 Å². The van der Waals surface area contributed by atoms with E-state index in [9.17, 15) is 23.2 Å². The molecule has 2 aromatic carbocycles. The van der Waals surface area contributed by atoms with Crippen LogP contribution in [-0.4, -0.2) is 58.5 Å². The summed E-state index contributed by atoms with van der Waals surface area (Å²) < 4.78 is 39.2. The summed E-state index contributed by atoms with van der Waals surface area (Å²) in [4.78, 5) is 42.9. The van der Waals surface area contributed by atoms with Gasteiger partial charge in [-0.15, -0.1) is 0 Å². The third kappa shape index (κ3) is 5.99. The number of nitrogens with one attached hydrogen (secondary N) is 1. The first-order valence-corrected chi connectivity index (χ1v) is 13.1. The molecule has 8 nitrogen and oxygen atoms in total. The Balaban J connectivity index is 1.56. The van der Waals surface area contributed by atoms with Gasteiger partial charge in [0, 0.05) is 36.3 Å². The highest BCUT2D eigenvalue weighted by molar-refractivity contribution is 6.03. The van der Waals surface area contributed by atoms with E-state index < -0.39 is 34.8 Å². The number of rotatable bonds is 4. The Kier molecular flexibility index (Phi) is 7.60. The Morgan fingerprint density at radius 2 is 1.82 bits per heavy atom. The van der Waals surface area contributed by atoms with E-state index in [2.05, 4.69) is 5.32 Å². The van der Waals surface area contributed by atoms with Gasteiger partial charge in [0.05, 0.1) is 11.7 Å². The predicted molar refractivity (Wildman–Crippen MR) is 142 cm³/mol. The number of ether oxygens (including phenoxy) is 2. The summed E-state index contributed by atoms with van der Waals surface area (Å²) in [6, 6.07) is 7.13. The Morgan fingerprint density at radius 1 is 1.15 bits per heavy atom. The lowest BCUT2D eigenvalue weighted by molar-refractivity contribution is -0.131. The van der Waals surface area contributed by atoms with Crippen LogP contribution in [-0.2, 0) is 15.1 Å². The fraction of sp³-hybridized carbons (Fsp3) is 0.483. The van der Waals surface area contributed by atoms with Gasteiger partial charge in [0.2, 0.25) is 5.60 Å². The van der Waals surface area contributed by atoms with E-state index in [1.54, 1.807) is 21.9 Å². The normalized spacial score (nSPS) is 21.1. The molecule has 3 amide bonds. The molecule has 2 aliphatic rings. The van der Waals surface area contributed by atoms with E-state index in [0.717, 1.165) is 31.0 Å². The molecular formula is C29H35F2N3O5. The first-order valence-electron chi connectivity index (χ1n) is 13.1. The van der Waals surface area contributed by atoms with Crippen LogP contribution < -0.4 is 10.1 Å². The Labute approximate surface area is 227 Å². The van der Waals surface area contributed by atoms with Crippen LogP contribution in [0.25, 0.3) is 0 Å². The molecule has 1 fully saturated rings. The molecule has 2 heterocycles. The van der Waals surface area contributed by atoms with E-state index in [1.807, 2.05) is 34.6 Å². The van der Waals surface area contributed by atoms with Crippen molar-refractivity contribution in [1.29, 1.82) is 0 Å². The van der Waals surface area contributed by atoms with Gasteiger partial charge in [-0.25, -0.2) is 13.6 Å². The topological polar surface area (TPSA) is 88.2 Å². The standard InChI is InChI=1S/C29H35F2N3O5/c1-17(2)34(22-8-7-11-33(16-22)27(37)39-28(3,4)5)25(35)18-9-10-24-23(12-18)32-26(36)29(6,38-24)19-13-20(30)15-21(31)14-19/h9-10,12-15,17,22H,7-8,11,16H2,1-6H3,(H,32,36)/t22-,29?/m1/s1. The summed E-state index contributed by atoms with van der Waals surface area (Å²) >= 11 is 0. The van der Waals surface area contributed by atoms with Crippen molar-refractivity contribution < 1.29 is 32.6 Å². The van der Waals surface area contributed by atoms with Crippen molar-refractivity contribution in [3.63, 3.8) is 0 Å². The quantitative estimate of drug-likeness (QED) is 0.553. The lowest BCUT2D eigenvalue weighted by atomic mass is 9.92. The molecule has 0 bridgehead atoms. The van der Waals surface area contributed by atoms with Crippen molar-refractivity contribution in [3.8, 4) is 5.75 Å². The molecule has 4 rings (SSSR count). The third-order valence-corrected chi connectivity index (χ3v) is 6.87. The number of hydrogen-bond donors (Lipinski definition) is 1. The molecule has 10 heteroatoms. The van der Waals surface area contributed by atoms with Crippen LogP contribution in [0, 0.1) is 11.6 Å². The average Bonchev–Trinajstić information content (AvgIpc) is 2.83. The lowest BCUT2D eigenvalue weighted by Gasteiger charge is -2.41. The van der Waals surface area contributed by atoms with Gasteiger partial charge in [0.25, 0.3) is 11.8 Å². The van der Waals surface area contributed by atoms with Gasteiger partial charge in [-0.3, -0.25) is 9.59 Å². The van der Waals surface area contributed by atoms with Crippen molar-refractivity contribution in [2.24, 2.45) is 0 Å². The largest absolute Gasteiger partial charge is 0.471 e. The molecule has 1 saturated heterocycles. The number of nitrogens with zero attached hydrogens (tertiary/aromatic N) is 2. The number of halogens is 2. The minimum atomic E-state index is -1.67. The maximum Gasteiger partial charge on any atom is 0.410 e. The molecule has 0 spiro atoms. The summed E-state index contributed by atoms with van der Waals surface area (Å²) in [5.74, 6) is -2.25. The van der Waals surface area contributed by atoms with Crippen LogP contribution in [0.5, 0.6) is 5.75 Å². The van der Waals surface area contributed by atoms with Crippen LogP contribution in [0.4, 0.5) is 19.3 Å². The fourth-order valence-corrected chi connectivity index (χ4v) is 5.02. The molecule has 0 aromatic heterocycles. The molecule has 0 radical (unpaired) electrons. The molecule has 210 valence electrons. The highest BCUT2D eigenvalue weighted by Crippen LogP contribution is 2.40. The highest BCUT2D eigenvalue weighted by Gasteiger charge is 2.43. The Morgan fingerprint density at radius 3 is 2.44 bits per heavy atom. The summed E-state index contributed by atoms with van der Waals surface area (Å²) in [5, 5.41) is 2.73. The maximum absolute atomic E-state index is 13.9. The zero-order chi connectivity index (χ0) is 28.7. The van der Waals surface area contributed by atoms with Crippen molar-refractivity contribution in [2.45, 2.75) is 77.7 Å². The summed E-state index contributed by atoms with van der Waals surface area (Å²) in [7, 11) is 0. The van der Waals surface area contributed by atoms with Gasteiger partial charge in [-0.2, -0.15) is 0 Å². The number of carbonyl (C=O) groups is 3. The van der Waals surface area contributed by atoms with Crippen LogP contribution in [0.2, 0.25) is 0 Å². The third-order valence-electron chi connectivity index (χ3n) is 6.87. The van der Waals surface area contributed by atoms with Crippen molar-refractivity contribution >= 4 is 23.6 Å². The first-order chi connectivity index (χ1) is 18.2. The molecule has 0 aliphatic carbocycles. The smallest absolute Gasteiger partial charge is 0.410 e. The van der Waals surface area contributed by atoms with E-state index in [0.29, 0.717) is 18.7 Å². The predicted octanol–water partition coefficient (Wildman–Crippen LogP) is 5.46. The molecule has 39 heavy (non-hydrogen) atoms. The fourth-order valence-electron chi connectivity index (χ4n) is 5.02. The summed E-state index contributed by atoms with van der Waals surface area (Å²) in [5.41, 5.74) is -1.64. The number of piperidine rings is 1. The van der Waals surface area contributed by atoms with Crippen molar-refractivity contribution in [2.75, 3.05) is 18.4 Å². The number of carbonyl (C=O) groups excluding carboxylic acids is 3.